The molecule has 0 saturated carbocycles. The first kappa shape index (κ1) is 22.2. The zero-order valence-corrected chi connectivity index (χ0v) is 20.1. The highest BCUT2D eigenvalue weighted by atomic mass is 32.2. The second-order valence-electron chi connectivity index (χ2n) is 8.59. The summed E-state index contributed by atoms with van der Waals surface area (Å²) in [6.45, 7) is 5.49. The molecule has 2 aromatic carbocycles. The second-order valence-corrected chi connectivity index (χ2v) is 10.4. The molecule has 4 aromatic rings. The van der Waals surface area contributed by atoms with Crippen LogP contribution in [0.1, 0.15) is 35.7 Å². The summed E-state index contributed by atoms with van der Waals surface area (Å²) in [5.41, 5.74) is 3.28. The average Bonchev–Trinajstić information content (AvgIpc) is 3.49. The van der Waals surface area contributed by atoms with Gasteiger partial charge in [-0.3, -0.25) is 13.8 Å². The van der Waals surface area contributed by atoms with E-state index in [1.54, 1.807) is 13.8 Å². The van der Waals surface area contributed by atoms with Gasteiger partial charge in [0.1, 0.15) is 22.8 Å². The number of amides is 1. The maximum absolute atomic E-state index is 13.5. The maximum atomic E-state index is 13.5. The van der Waals surface area contributed by atoms with E-state index < -0.39 is 10.0 Å². The van der Waals surface area contributed by atoms with Crippen molar-refractivity contribution in [2.75, 3.05) is 10.8 Å². The van der Waals surface area contributed by atoms with Crippen LogP contribution in [0.5, 0.6) is 0 Å². The Balaban J connectivity index is 1.35. The molecule has 1 atom stereocenters. The predicted molar refractivity (Wildman–Crippen MR) is 129 cm³/mol. The quantitative estimate of drug-likeness (QED) is 0.454. The Kier molecular flexibility index (Phi) is 5.44. The third-order valence-corrected chi connectivity index (χ3v) is 8.32. The fourth-order valence-electron chi connectivity index (χ4n) is 4.59. The Morgan fingerprint density at radius 3 is 2.68 bits per heavy atom. The second kappa shape index (κ2) is 8.32. The highest BCUT2D eigenvalue weighted by molar-refractivity contribution is 7.93. The largest absolute Gasteiger partial charge is 0.459 e. The summed E-state index contributed by atoms with van der Waals surface area (Å²) in [5, 5.41) is 8.27. The molecule has 0 aliphatic carbocycles. The van der Waals surface area contributed by atoms with Crippen LogP contribution >= 0.6 is 0 Å². The molecule has 0 radical (unpaired) electrons. The van der Waals surface area contributed by atoms with Crippen LogP contribution in [-0.2, 0) is 27.8 Å². The van der Waals surface area contributed by atoms with Crippen molar-refractivity contribution >= 4 is 32.6 Å². The maximum Gasteiger partial charge on any atom is 0.268 e. The summed E-state index contributed by atoms with van der Waals surface area (Å²) in [4.78, 5) is 12.9. The molecule has 1 aliphatic rings. The lowest BCUT2D eigenvalue weighted by Gasteiger charge is -2.19. The van der Waals surface area contributed by atoms with Gasteiger partial charge >= 0.3 is 0 Å². The Bertz CT molecular complexity index is 1470. The standard InChI is InChI=1S/C25H26N4O4S/c1-16(23-14-20-9-5-7-11-22(20)33-23)26-24(30)15-28-18(3)25(17(2)27-28)34(31,32)29-13-12-19-8-4-6-10-21(19)29/h4-11,14,16H,12-13,15H2,1-3H3,(H,26,30). The van der Waals surface area contributed by atoms with Crippen LogP contribution in [0.25, 0.3) is 11.0 Å². The number of nitrogens with one attached hydrogen (secondary N) is 1. The van der Waals surface area contributed by atoms with E-state index in [2.05, 4.69) is 10.4 Å². The van der Waals surface area contributed by atoms with E-state index in [1.807, 2.05) is 61.5 Å². The first-order chi connectivity index (χ1) is 16.3. The summed E-state index contributed by atoms with van der Waals surface area (Å²) < 4.78 is 35.8. The van der Waals surface area contributed by atoms with Crippen molar-refractivity contribution < 1.29 is 17.6 Å². The van der Waals surface area contributed by atoms with Gasteiger partial charge in [-0.05, 0) is 51.0 Å². The molecular formula is C25H26N4O4S. The molecule has 34 heavy (non-hydrogen) atoms. The highest BCUT2D eigenvalue weighted by Crippen LogP contribution is 2.34. The fraction of sp³-hybridized carbons (Fsp3) is 0.280. The number of rotatable bonds is 6. The van der Waals surface area contributed by atoms with Crippen molar-refractivity contribution in [1.82, 2.24) is 15.1 Å². The van der Waals surface area contributed by atoms with Gasteiger partial charge in [0.05, 0.1) is 23.1 Å². The van der Waals surface area contributed by atoms with Gasteiger partial charge in [-0.25, -0.2) is 8.42 Å². The lowest BCUT2D eigenvalue weighted by molar-refractivity contribution is -0.122. The number of carbonyl (C=O) groups is 1. The van der Waals surface area contributed by atoms with Crippen LogP contribution in [0.15, 0.2) is 63.9 Å². The van der Waals surface area contributed by atoms with Gasteiger partial charge in [0.2, 0.25) is 5.91 Å². The van der Waals surface area contributed by atoms with Gasteiger partial charge in [0.15, 0.2) is 0 Å². The summed E-state index contributed by atoms with van der Waals surface area (Å²) in [6.07, 6.45) is 0.670. The van der Waals surface area contributed by atoms with E-state index in [-0.39, 0.29) is 23.4 Å². The van der Waals surface area contributed by atoms with Gasteiger partial charge in [0, 0.05) is 11.9 Å². The summed E-state index contributed by atoms with van der Waals surface area (Å²) >= 11 is 0. The third kappa shape index (κ3) is 3.75. The van der Waals surface area contributed by atoms with Crippen LogP contribution in [-0.4, -0.2) is 30.7 Å². The van der Waals surface area contributed by atoms with Gasteiger partial charge in [-0.1, -0.05) is 36.4 Å². The molecule has 0 saturated heterocycles. The number of benzene rings is 2. The van der Waals surface area contributed by atoms with Crippen LogP contribution in [0.4, 0.5) is 5.69 Å². The van der Waals surface area contributed by atoms with E-state index in [4.69, 9.17) is 4.42 Å². The number of aromatic nitrogens is 2. The summed E-state index contributed by atoms with van der Waals surface area (Å²) in [5.74, 6) is 0.368. The van der Waals surface area contributed by atoms with Crippen molar-refractivity contribution in [3.8, 4) is 0 Å². The van der Waals surface area contributed by atoms with Crippen molar-refractivity contribution in [3.05, 3.63) is 77.3 Å². The molecule has 176 valence electrons. The van der Waals surface area contributed by atoms with Crippen LogP contribution < -0.4 is 9.62 Å². The van der Waals surface area contributed by atoms with Crippen molar-refractivity contribution in [1.29, 1.82) is 0 Å². The normalized spacial score (nSPS) is 14.4. The minimum atomic E-state index is -3.81. The van der Waals surface area contributed by atoms with Crippen molar-refractivity contribution in [2.24, 2.45) is 0 Å². The number of para-hydroxylation sites is 2. The molecule has 2 aromatic heterocycles. The first-order valence-electron chi connectivity index (χ1n) is 11.2. The van der Waals surface area contributed by atoms with E-state index >= 15 is 0 Å². The van der Waals surface area contributed by atoms with Crippen molar-refractivity contribution in [2.45, 2.75) is 44.7 Å². The number of aryl methyl sites for hydroxylation is 1. The lowest BCUT2D eigenvalue weighted by atomic mass is 10.2. The van der Waals surface area contributed by atoms with Gasteiger partial charge in [-0.2, -0.15) is 5.10 Å². The van der Waals surface area contributed by atoms with Crippen LogP contribution in [0.2, 0.25) is 0 Å². The summed E-state index contributed by atoms with van der Waals surface area (Å²) in [6, 6.07) is 16.7. The number of hydrogen-bond donors (Lipinski definition) is 1. The molecule has 0 fully saturated rings. The topological polar surface area (TPSA) is 97.4 Å². The lowest BCUT2D eigenvalue weighted by Crippen LogP contribution is -2.31. The minimum Gasteiger partial charge on any atom is -0.459 e. The number of nitrogens with zero attached hydrogens (tertiary/aromatic N) is 3. The molecule has 5 rings (SSSR count). The number of carbonyl (C=O) groups excluding carboxylic acids is 1. The molecule has 8 nitrogen and oxygen atoms in total. The summed E-state index contributed by atoms with van der Waals surface area (Å²) in [7, 11) is -3.81. The Labute approximate surface area is 198 Å². The van der Waals surface area contributed by atoms with Crippen molar-refractivity contribution in [3.63, 3.8) is 0 Å². The van der Waals surface area contributed by atoms with Gasteiger partial charge in [-0.15, -0.1) is 0 Å². The molecule has 1 unspecified atom stereocenters. The number of furan rings is 1. The zero-order valence-electron chi connectivity index (χ0n) is 19.3. The Morgan fingerprint density at radius 1 is 1.15 bits per heavy atom. The fourth-order valence-corrected chi connectivity index (χ4v) is 6.47. The number of hydrogen-bond acceptors (Lipinski definition) is 5. The number of sulfonamides is 1. The molecule has 9 heteroatoms. The SMILES string of the molecule is Cc1nn(CC(=O)NC(C)c2cc3ccccc3o2)c(C)c1S(=O)(=O)N1CCc2ccccc21. The van der Waals surface area contributed by atoms with Crippen LogP contribution in [0.3, 0.4) is 0 Å². The van der Waals surface area contributed by atoms with E-state index in [1.165, 1.54) is 8.99 Å². The van der Waals surface area contributed by atoms with E-state index in [0.29, 0.717) is 35.8 Å². The molecule has 1 N–H and O–H groups in total. The molecule has 1 aliphatic heterocycles. The molecule has 1 amide bonds. The monoisotopic (exact) mass is 478 g/mol. The smallest absolute Gasteiger partial charge is 0.268 e. The zero-order chi connectivity index (χ0) is 24.0. The predicted octanol–water partition coefficient (Wildman–Crippen LogP) is 3.87. The van der Waals surface area contributed by atoms with Crippen LogP contribution in [0, 0.1) is 13.8 Å². The first-order valence-corrected chi connectivity index (χ1v) is 12.6. The minimum absolute atomic E-state index is 0.0939. The molecule has 0 spiro atoms. The highest BCUT2D eigenvalue weighted by Gasteiger charge is 2.35. The average molecular weight is 479 g/mol. The number of anilines is 1. The van der Waals surface area contributed by atoms with E-state index in [9.17, 15) is 13.2 Å². The van der Waals surface area contributed by atoms with Gasteiger partial charge < -0.3 is 9.73 Å². The Hall–Kier alpha value is -3.59. The number of fused-ring (bicyclic) bond motifs is 2. The van der Waals surface area contributed by atoms with E-state index in [0.717, 1.165) is 16.5 Å². The molecular weight excluding hydrogens is 452 g/mol. The molecule has 0 bridgehead atoms. The third-order valence-electron chi connectivity index (χ3n) is 6.25. The molecule has 3 heterocycles. The van der Waals surface area contributed by atoms with Gasteiger partial charge in [0.25, 0.3) is 10.0 Å². The Morgan fingerprint density at radius 2 is 1.88 bits per heavy atom.